The predicted octanol–water partition coefficient (Wildman–Crippen LogP) is 5.47. The topological polar surface area (TPSA) is 109 Å². The molecule has 40 heavy (non-hydrogen) atoms. The van der Waals surface area contributed by atoms with Crippen LogP contribution in [0.5, 0.6) is 17.2 Å². The number of carbonyl (C=O) groups excluding carboxylic acids is 2. The number of rotatable bonds is 13. The van der Waals surface area contributed by atoms with Crippen molar-refractivity contribution in [3.63, 3.8) is 0 Å². The zero-order chi connectivity index (χ0) is 29.1. The molecular weight excluding hydrogens is 553 g/mol. The zero-order valence-electron chi connectivity index (χ0n) is 22.2. The largest absolute Gasteiger partial charge is 0.504 e. The molecule has 0 aromatic heterocycles. The fourth-order valence-corrected chi connectivity index (χ4v) is 4.20. The molecule has 2 amide bonds. The van der Waals surface area contributed by atoms with Gasteiger partial charge >= 0.3 is 0 Å². The molecule has 0 radical (unpaired) electrons. The highest BCUT2D eigenvalue weighted by atomic mass is 35.5. The Morgan fingerprint density at radius 1 is 1.07 bits per heavy atom. The maximum atomic E-state index is 13.1. The lowest BCUT2D eigenvalue weighted by Gasteiger charge is -2.21. The summed E-state index contributed by atoms with van der Waals surface area (Å²) in [6.07, 6.45) is 2.79. The Morgan fingerprint density at radius 2 is 1.82 bits per heavy atom. The van der Waals surface area contributed by atoms with E-state index in [0.29, 0.717) is 40.7 Å². The number of benzene rings is 3. The molecule has 3 rings (SSSR count). The van der Waals surface area contributed by atoms with Crippen molar-refractivity contribution in [2.45, 2.75) is 38.8 Å². The highest BCUT2D eigenvalue weighted by Gasteiger charge is 2.25. The van der Waals surface area contributed by atoms with Gasteiger partial charge < -0.3 is 19.9 Å². The standard InChI is InChI=1S/C30H31Cl2N3O5/c1-4-9-22-14-21(16-27(28(22)36)39-5-2)18-33-35-30(38)25(15-20-10-7-6-8-11-20)34-29(37)19(3)40-26-13-12-23(31)17-24(26)32/h4,6-8,10-14,16-19,25,36H,1,5,9,15H2,2-3H3,(H,34,37)(H,35,38)/b33-18-/t19-,25+/m0/s1. The Labute approximate surface area is 243 Å². The summed E-state index contributed by atoms with van der Waals surface area (Å²) in [5.74, 6) is -0.415. The van der Waals surface area contributed by atoms with Gasteiger partial charge in [-0.05, 0) is 61.7 Å². The van der Waals surface area contributed by atoms with Crippen LogP contribution >= 0.6 is 23.2 Å². The van der Waals surface area contributed by atoms with Gasteiger partial charge in [0, 0.05) is 17.0 Å². The van der Waals surface area contributed by atoms with Crippen molar-refractivity contribution in [2.75, 3.05) is 6.61 Å². The Morgan fingerprint density at radius 3 is 2.50 bits per heavy atom. The number of allylic oxidation sites excluding steroid dienone is 1. The molecule has 0 bridgehead atoms. The minimum absolute atomic E-state index is 0.0322. The second-order valence-electron chi connectivity index (χ2n) is 8.77. The number of nitrogens with one attached hydrogen (secondary N) is 2. The number of nitrogens with zero attached hydrogens (tertiary/aromatic N) is 1. The van der Waals surface area contributed by atoms with E-state index in [1.54, 1.807) is 37.3 Å². The quantitative estimate of drug-likeness (QED) is 0.140. The maximum Gasteiger partial charge on any atom is 0.262 e. The van der Waals surface area contributed by atoms with E-state index in [0.717, 1.165) is 5.56 Å². The van der Waals surface area contributed by atoms with Gasteiger partial charge in [0.15, 0.2) is 17.6 Å². The van der Waals surface area contributed by atoms with Crippen molar-refractivity contribution in [2.24, 2.45) is 5.10 Å². The first-order valence-electron chi connectivity index (χ1n) is 12.6. The van der Waals surface area contributed by atoms with Crippen LogP contribution in [0.4, 0.5) is 0 Å². The first-order valence-corrected chi connectivity index (χ1v) is 13.4. The summed E-state index contributed by atoms with van der Waals surface area (Å²) in [5, 5.41) is 17.9. The molecule has 0 unspecified atom stereocenters. The summed E-state index contributed by atoms with van der Waals surface area (Å²) >= 11 is 12.1. The van der Waals surface area contributed by atoms with Crippen LogP contribution in [0, 0.1) is 0 Å². The highest BCUT2D eigenvalue weighted by molar-refractivity contribution is 6.35. The molecule has 0 saturated carbocycles. The molecule has 3 N–H and O–H groups in total. The number of amides is 2. The average Bonchev–Trinajstić information content (AvgIpc) is 2.93. The average molecular weight is 585 g/mol. The van der Waals surface area contributed by atoms with Gasteiger partial charge in [-0.2, -0.15) is 5.10 Å². The fourth-order valence-electron chi connectivity index (χ4n) is 3.75. The van der Waals surface area contributed by atoms with Crippen LogP contribution in [-0.4, -0.2) is 41.9 Å². The van der Waals surface area contributed by atoms with E-state index in [2.05, 4.69) is 22.4 Å². The predicted molar refractivity (Wildman–Crippen MR) is 158 cm³/mol. The van der Waals surface area contributed by atoms with Gasteiger partial charge in [-0.3, -0.25) is 9.59 Å². The van der Waals surface area contributed by atoms with E-state index >= 15 is 0 Å². The number of hydrogen-bond acceptors (Lipinski definition) is 6. The first-order chi connectivity index (χ1) is 19.2. The van der Waals surface area contributed by atoms with Crippen LogP contribution in [0.3, 0.4) is 0 Å². The molecule has 210 valence electrons. The SMILES string of the molecule is C=CCc1cc(/C=N\NC(=O)[C@@H](Cc2ccccc2)NC(=O)[C@H](C)Oc2ccc(Cl)cc2Cl)cc(OCC)c1O. The Kier molecular flexibility index (Phi) is 11.4. The second kappa shape index (κ2) is 15.0. The number of hydrazone groups is 1. The Hall–Kier alpha value is -4.01. The van der Waals surface area contributed by atoms with Crippen molar-refractivity contribution in [3.8, 4) is 17.2 Å². The van der Waals surface area contributed by atoms with E-state index in [1.807, 2.05) is 37.3 Å². The van der Waals surface area contributed by atoms with Gasteiger partial charge in [0.05, 0.1) is 17.8 Å². The summed E-state index contributed by atoms with van der Waals surface area (Å²) < 4.78 is 11.2. The molecule has 0 spiro atoms. The third-order valence-electron chi connectivity index (χ3n) is 5.71. The molecule has 3 aromatic carbocycles. The monoisotopic (exact) mass is 583 g/mol. The smallest absolute Gasteiger partial charge is 0.262 e. The van der Waals surface area contributed by atoms with Crippen molar-refractivity contribution in [1.29, 1.82) is 0 Å². The molecule has 0 aliphatic heterocycles. The van der Waals surface area contributed by atoms with E-state index in [9.17, 15) is 14.7 Å². The van der Waals surface area contributed by atoms with Gasteiger partial charge in [-0.25, -0.2) is 5.43 Å². The summed E-state index contributed by atoms with van der Waals surface area (Å²) in [6.45, 7) is 7.44. The van der Waals surface area contributed by atoms with Crippen molar-refractivity contribution >= 4 is 41.2 Å². The number of aromatic hydroxyl groups is 1. The second-order valence-corrected chi connectivity index (χ2v) is 9.62. The van der Waals surface area contributed by atoms with Crippen molar-refractivity contribution in [3.05, 3.63) is 100 Å². The third kappa shape index (κ3) is 8.76. The third-order valence-corrected chi connectivity index (χ3v) is 6.24. The Balaban J connectivity index is 1.74. The van der Waals surface area contributed by atoms with Gasteiger partial charge in [0.1, 0.15) is 11.8 Å². The van der Waals surface area contributed by atoms with Crippen LogP contribution in [0.1, 0.15) is 30.5 Å². The maximum absolute atomic E-state index is 13.1. The summed E-state index contributed by atoms with van der Waals surface area (Å²) in [6, 6.07) is 16.3. The molecule has 0 aliphatic carbocycles. The molecule has 0 saturated heterocycles. The van der Waals surface area contributed by atoms with E-state index in [-0.39, 0.29) is 17.2 Å². The van der Waals surface area contributed by atoms with Gasteiger partial charge in [-0.1, -0.05) is 59.6 Å². The lowest BCUT2D eigenvalue weighted by Crippen LogP contribution is -2.50. The fraction of sp³-hybridized carbons (Fsp3) is 0.233. The normalized spacial score (nSPS) is 12.4. The molecule has 8 nitrogen and oxygen atoms in total. The van der Waals surface area contributed by atoms with E-state index in [4.69, 9.17) is 32.7 Å². The van der Waals surface area contributed by atoms with Crippen LogP contribution < -0.4 is 20.2 Å². The van der Waals surface area contributed by atoms with Crippen molar-refractivity contribution < 1.29 is 24.2 Å². The van der Waals surface area contributed by atoms with Gasteiger partial charge in [0.2, 0.25) is 0 Å². The summed E-state index contributed by atoms with van der Waals surface area (Å²) in [5.41, 5.74) is 4.55. The van der Waals surface area contributed by atoms with E-state index < -0.39 is 24.0 Å². The zero-order valence-corrected chi connectivity index (χ0v) is 23.7. The lowest BCUT2D eigenvalue weighted by atomic mass is 10.1. The molecule has 10 heteroatoms. The molecule has 0 aliphatic rings. The number of hydrogen-bond donors (Lipinski definition) is 3. The highest BCUT2D eigenvalue weighted by Crippen LogP contribution is 2.32. The van der Waals surface area contributed by atoms with Crippen LogP contribution in [-0.2, 0) is 22.4 Å². The number of halogens is 2. The number of phenols is 1. The van der Waals surface area contributed by atoms with Gasteiger partial charge in [0.25, 0.3) is 11.8 Å². The lowest BCUT2D eigenvalue weighted by molar-refractivity contribution is -0.132. The van der Waals surface area contributed by atoms with Gasteiger partial charge in [-0.15, -0.1) is 6.58 Å². The van der Waals surface area contributed by atoms with Crippen LogP contribution in [0.15, 0.2) is 78.4 Å². The van der Waals surface area contributed by atoms with Crippen LogP contribution in [0.2, 0.25) is 10.0 Å². The molecule has 0 heterocycles. The van der Waals surface area contributed by atoms with Crippen molar-refractivity contribution in [1.82, 2.24) is 10.7 Å². The molecule has 0 fully saturated rings. The Bertz CT molecular complexity index is 1360. The number of carbonyl (C=O) groups is 2. The molecule has 3 aromatic rings. The number of ether oxygens (including phenoxy) is 2. The molecular formula is C30H31Cl2N3O5. The summed E-state index contributed by atoms with van der Waals surface area (Å²) in [7, 11) is 0. The minimum atomic E-state index is -0.953. The van der Waals surface area contributed by atoms with Crippen LogP contribution in [0.25, 0.3) is 0 Å². The number of phenolic OH excluding ortho intramolecular Hbond substituents is 1. The minimum Gasteiger partial charge on any atom is -0.504 e. The molecule has 2 atom stereocenters. The summed E-state index contributed by atoms with van der Waals surface area (Å²) in [4.78, 5) is 26.1. The first kappa shape index (κ1) is 30.5. The van der Waals surface area contributed by atoms with E-state index in [1.165, 1.54) is 12.3 Å².